The van der Waals surface area contributed by atoms with Crippen LogP contribution >= 0.6 is 0 Å². The van der Waals surface area contributed by atoms with E-state index in [4.69, 9.17) is 4.74 Å². The molecule has 0 saturated carbocycles. The van der Waals surface area contributed by atoms with Gasteiger partial charge in [0.25, 0.3) is 0 Å². The SMILES string of the molecule is COCCNCC(O)c1ccc(S(C)(=O)=O)cc1. The molecule has 0 heterocycles. The molecular formula is C12H19NO4S. The summed E-state index contributed by atoms with van der Waals surface area (Å²) in [6.07, 6.45) is 0.501. The van der Waals surface area contributed by atoms with E-state index in [-0.39, 0.29) is 4.90 Å². The topological polar surface area (TPSA) is 75.6 Å². The van der Waals surface area contributed by atoms with Crippen molar-refractivity contribution >= 4 is 9.84 Å². The molecule has 2 N–H and O–H groups in total. The summed E-state index contributed by atoms with van der Waals surface area (Å²) in [5, 5.41) is 12.9. The van der Waals surface area contributed by atoms with Gasteiger partial charge in [-0.1, -0.05) is 12.1 Å². The Kier molecular flexibility index (Phi) is 5.74. The summed E-state index contributed by atoms with van der Waals surface area (Å²) in [6, 6.07) is 6.25. The Morgan fingerprint density at radius 1 is 1.33 bits per heavy atom. The van der Waals surface area contributed by atoms with Crippen LogP contribution in [0.4, 0.5) is 0 Å². The van der Waals surface area contributed by atoms with Crippen molar-refractivity contribution < 1.29 is 18.3 Å². The summed E-state index contributed by atoms with van der Waals surface area (Å²) in [6.45, 7) is 1.65. The predicted molar refractivity (Wildman–Crippen MR) is 69.3 cm³/mol. The zero-order chi connectivity index (χ0) is 13.6. The molecule has 0 fully saturated rings. The molecule has 1 atom stereocenters. The molecule has 0 spiro atoms. The average Bonchev–Trinajstić information content (AvgIpc) is 2.33. The number of rotatable bonds is 7. The van der Waals surface area contributed by atoms with Crippen molar-refractivity contribution in [3.63, 3.8) is 0 Å². The summed E-state index contributed by atoms with van der Waals surface area (Å²) >= 11 is 0. The van der Waals surface area contributed by atoms with Crippen LogP contribution in [-0.2, 0) is 14.6 Å². The third-order valence-electron chi connectivity index (χ3n) is 2.51. The van der Waals surface area contributed by atoms with E-state index in [1.54, 1.807) is 19.2 Å². The molecule has 0 aliphatic carbocycles. The lowest BCUT2D eigenvalue weighted by Crippen LogP contribution is -2.24. The van der Waals surface area contributed by atoms with Crippen LogP contribution in [0.3, 0.4) is 0 Å². The molecule has 0 aliphatic heterocycles. The highest BCUT2D eigenvalue weighted by atomic mass is 32.2. The number of aliphatic hydroxyl groups is 1. The van der Waals surface area contributed by atoms with E-state index in [9.17, 15) is 13.5 Å². The van der Waals surface area contributed by atoms with Crippen molar-refractivity contribution in [1.82, 2.24) is 5.32 Å². The molecule has 6 heteroatoms. The monoisotopic (exact) mass is 273 g/mol. The minimum absolute atomic E-state index is 0.255. The van der Waals surface area contributed by atoms with Gasteiger partial charge in [-0.3, -0.25) is 0 Å². The molecule has 1 aromatic rings. The molecule has 18 heavy (non-hydrogen) atoms. The van der Waals surface area contributed by atoms with Gasteiger partial charge in [0, 0.05) is 26.5 Å². The Hall–Kier alpha value is -0.950. The number of benzene rings is 1. The standard InChI is InChI=1S/C12H19NO4S/c1-17-8-7-13-9-12(14)10-3-5-11(6-4-10)18(2,15)16/h3-6,12-14H,7-9H2,1-2H3. The van der Waals surface area contributed by atoms with E-state index in [1.807, 2.05) is 0 Å². The molecule has 5 nitrogen and oxygen atoms in total. The molecule has 102 valence electrons. The molecular weight excluding hydrogens is 254 g/mol. The highest BCUT2D eigenvalue weighted by molar-refractivity contribution is 7.90. The quantitative estimate of drug-likeness (QED) is 0.702. The number of sulfone groups is 1. The van der Waals surface area contributed by atoms with E-state index < -0.39 is 15.9 Å². The number of hydrogen-bond acceptors (Lipinski definition) is 5. The van der Waals surface area contributed by atoms with E-state index >= 15 is 0 Å². The first-order chi connectivity index (χ1) is 8.45. The summed E-state index contributed by atoms with van der Waals surface area (Å²) in [5.41, 5.74) is 0.687. The third-order valence-corrected chi connectivity index (χ3v) is 3.64. The van der Waals surface area contributed by atoms with Gasteiger partial charge < -0.3 is 15.2 Å². The van der Waals surface area contributed by atoms with Crippen LogP contribution in [0, 0.1) is 0 Å². The van der Waals surface area contributed by atoms with Crippen LogP contribution in [0.1, 0.15) is 11.7 Å². The van der Waals surface area contributed by atoms with Crippen molar-refractivity contribution in [2.45, 2.75) is 11.0 Å². The van der Waals surface area contributed by atoms with Crippen LogP contribution in [-0.4, -0.2) is 46.6 Å². The minimum Gasteiger partial charge on any atom is -0.387 e. The van der Waals surface area contributed by atoms with Crippen LogP contribution in [0.2, 0.25) is 0 Å². The second kappa shape index (κ2) is 6.84. The zero-order valence-electron chi connectivity index (χ0n) is 10.6. The fourth-order valence-electron chi connectivity index (χ4n) is 1.47. The van der Waals surface area contributed by atoms with Gasteiger partial charge >= 0.3 is 0 Å². The summed E-state index contributed by atoms with van der Waals surface area (Å²) in [5.74, 6) is 0. The van der Waals surface area contributed by atoms with Crippen LogP contribution < -0.4 is 5.32 Å². The smallest absolute Gasteiger partial charge is 0.175 e. The average molecular weight is 273 g/mol. The van der Waals surface area contributed by atoms with E-state index in [2.05, 4.69) is 5.32 Å². The maximum Gasteiger partial charge on any atom is 0.175 e. The van der Waals surface area contributed by atoms with Gasteiger partial charge in [-0.05, 0) is 17.7 Å². The van der Waals surface area contributed by atoms with Crippen molar-refractivity contribution in [1.29, 1.82) is 0 Å². The van der Waals surface area contributed by atoms with Crippen molar-refractivity contribution in [2.75, 3.05) is 33.1 Å². The van der Waals surface area contributed by atoms with Crippen LogP contribution in [0.25, 0.3) is 0 Å². The molecule has 0 aromatic heterocycles. The Labute approximate surface area is 108 Å². The molecule has 0 bridgehead atoms. The van der Waals surface area contributed by atoms with Gasteiger partial charge in [0.15, 0.2) is 9.84 Å². The number of aliphatic hydroxyl groups excluding tert-OH is 1. The van der Waals surface area contributed by atoms with E-state index in [1.165, 1.54) is 12.1 Å². The summed E-state index contributed by atoms with van der Waals surface area (Å²) < 4.78 is 27.4. The van der Waals surface area contributed by atoms with Crippen molar-refractivity contribution in [3.05, 3.63) is 29.8 Å². The number of methoxy groups -OCH3 is 1. The van der Waals surface area contributed by atoms with Gasteiger partial charge in [-0.2, -0.15) is 0 Å². The lowest BCUT2D eigenvalue weighted by atomic mass is 10.1. The largest absolute Gasteiger partial charge is 0.387 e. The Morgan fingerprint density at radius 2 is 1.94 bits per heavy atom. The first-order valence-electron chi connectivity index (χ1n) is 5.63. The van der Waals surface area contributed by atoms with Crippen molar-refractivity contribution in [2.24, 2.45) is 0 Å². The lowest BCUT2D eigenvalue weighted by molar-refractivity contribution is 0.161. The summed E-state index contributed by atoms with van der Waals surface area (Å²) in [7, 11) is -1.57. The first kappa shape index (κ1) is 15.1. The number of ether oxygens (including phenoxy) is 1. The van der Waals surface area contributed by atoms with Gasteiger partial charge in [0.05, 0.1) is 17.6 Å². The molecule has 0 saturated heterocycles. The van der Waals surface area contributed by atoms with Crippen LogP contribution in [0.5, 0.6) is 0 Å². The lowest BCUT2D eigenvalue weighted by Gasteiger charge is -2.12. The number of nitrogens with one attached hydrogen (secondary N) is 1. The minimum atomic E-state index is -3.18. The van der Waals surface area contributed by atoms with Crippen LogP contribution in [0.15, 0.2) is 29.2 Å². The second-order valence-corrected chi connectivity index (χ2v) is 6.07. The maximum absolute atomic E-state index is 11.3. The highest BCUT2D eigenvalue weighted by Gasteiger charge is 2.10. The van der Waals surface area contributed by atoms with Gasteiger partial charge in [-0.15, -0.1) is 0 Å². The van der Waals surface area contributed by atoms with Gasteiger partial charge in [0.1, 0.15) is 0 Å². The fraction of sp³-hybridized carbons (Fsp3) is 0.500. The van der Waals surface area contributed by atoms with Crippen molar-refractivity contribution in [3.8, 4) is 0 Å². The zero-order valence-corrected chi connectivity index (χ0v) is 11.4. The Bertz CT molecular complexity index is 455. The molecule has 1 unspecified atom stereocenters. The molecule has 0 aliphatic rings. The summed E-state index contributed by atoms with van der Waals surface area (Å²) in [4.78, 5) is 0.255. The van der Waals surface area contributed by atoms with Gasteiger partial charge in [0.2, 0.25) is 0 Å². The highest BCUT2D eigenvalue weighted by Crippen LogP contribution is 2.15. The maximum atomic E-state index is 11.3. The Morgan fingerprint density at radius 3 is 2.44 bits per heavy atom. The van der Waals surface area contributed by atoms with E-state index in [0.717, 1.165) is 6.26 Å². The molecule has 0 amide bonds. The predicted octanol–water partition coefficient (Wildman–Crippen LogP) is 0.359. The molecule has 1 aromatic carbocycles. The third kappa shape index (κ3) is 4.73. The second-order valence-electron chi connectivity index (χ2n) is 4.05. The normalized spacial score (nSPS) is 13.5. The first-order valence-corrected chi connectivity index (χ1v) is 7.52. The van der Waals surface area contributed by atoms with Gasteiger partial charge in [-0.25, -0.2) is 8.42 Å². The Balaban J connectivity index is 2.57. The fourth-order valence-corrected chi connectivity index (χ4v) is 2.10. The molecule has 1 rings (SSSR count). The number of hydrogen-bond donors (Lipinski definition) is 2. The molecule has 0 radical (unpaired) electrons. The van der Waals surface area contributed by atoms with E-state index in [0.29, 0.717) is 25.3 Å².